The second kappa shape index (κ2) is 26.8. The number of nitrogens with zero attached hydrogens (tertiary/aromatic N) is 8. The Labute approximate surface area is 533 Å². The van der Waals surface area contributed by atoms with Crippen LogP contribution in [0.5, 0.6) is 11.5 Å². The highest BCUT2D eigenvalue weighted by molar-refractivity contribution is 7.90. The van der Waals surface area contributed by atoms with Gasteiger partial charge >= 0.3 is 0 Å². The van der Waals surface area contributed by atoms with E-state index < -0.39 is 61.1 Å². The Morgan fingerprint density at radius 2 is 1.57 bits per heavy atom. The number of aromatic amines is 1. The molecule has 4 saturated heterocycles. The van der Waals surface area contributed by atoms with Crippen LogP contribution in [-0.2, 0) is 19.6 Å². The number of piperidine rings is 2. The molecule has 6 aromatic rings. The molecule has 1 atom stereocenters. The number of aromatic nitrogens is 2. The fourth-order valence-corrected chi connectivity index (χ4v) is 14.3. The number of benzene rings is 4. The molecule has 12 rings (SSSR count). The van der Waals surface area contributed by atoms with E-state index in [2.05, 4.69) is 87.6 Å². The number of imide groups is 2. The van der Waals surface area contributed by atoms with Crippen molar-refractivity contribution >= 4 is 84.8 Å². The third kappa shape index (κ3) is 14.3. The van der Waals surface area contributed by atoms with Crippen molar-refractivity contribution in [3.8, 4) is 23.3 Å². The lowest BCUT2D eigenvalue weighted by molar-refractivity contribution is -0.384. The van der Waals surface area contributed by atoms with Crippen molar-refractivity contribution in [3.05, 3.63) is 152 Å². The predicted octanol–water partition coefficient (Wildman–Crippen LogP) is 8.02. The third-order valence-electron chi connectivity index (χ3n) is 18.5. The van der Waals surface area contributed by atoms with Crippen LogP contribution in [0.1, 0.15) is 101 Å². The van der Waals surface area contributed by atoms with Crippen molar-refractivity contribution in [1.29, 1.82) is 0 Å². The van der Waals surface area contributed by atoms with Crippen molar-refractivity contribution in [2.45, 2.75) is 69.7 Å². The predicted molar refractivity (Wildman–Crippen MR) is 346 cm³/mol. The number of fused-ring (bicyclic) bond motifs is 2. The number of ether oxygens (including phenoxy) is 1. The lowest BCUT2D eigenvalue weighted by Gasteiger charge is -2.39. The van der Waals surface area contributed by atoms with E-state index in [1.54, 1.807) is 48.7 Å². The Morgan fingerprint density at radius 3 is 2.32 bits per heavy atom. The maximum atomic E-state index is 14.2. The molecule has 91 heavy (non-hydrogen) atoms. The number of nitrogens with one attached hydrogen (secondary N) is 4. The molecule has 4 N–H and O–H groups in total. The largest absolute Gasteiger partial charge is 0.455 e. The number of carbonyl (C=O) groups excluding carboxylic acids is 5. The number of piperazine rings is 2. The van der Waals surface area contributed by atoms with Gasteiger partial charge in [-0.05, 0) is 135 Å². The van der Waals surface area contributed by atoms with Crippen molar-refractivity contribution in [3.63, 3.8) is 0 Å². The van der Waals surface area contributed by atoms with E-state index in [4.69, 9.17) is 16.3 Å². The highest BCUT2D eigenvalue weighted by atomic mass is 35.5. The van der Waals surface area contributed by atoms with Gasteiger partial charge in [-0.25, -0.2) is 18.1 Å². The minimum Gasteiger partial charge on any atom is -0.455 e. The van der Waals surface area contributed by atoms with Gasteiger partial charge in [0.1, 0.15) is 28.9 Å². The van der Waals surface area contributed by atoms with Crippen LogP contribution in [0.25, 0.3) is 16.6 Å². The van der Waals surface area contributed by atoms with Crippen LogP contribution in [0, 0.1) is 33.3 Å². The molecule has 0 bridgehead atoms. The normalized spacial score (nSPS) is 19.7. The number of allylic oxidation sites excluding steroid dienone is 1. The monoisotopic (exact) mass is 1270 g/mol. The van der Waals surface area contributed by atoms with Gasteiger partial charge < -0.3 is 24.8 Å². The SMILES string of the molecule is CC1(C)CCC(CN2CCN(c3ccc(C(=O)NS(=O)(=O)c4ccc(NCC5CCN(CCN6CCN(CC#Cc7cccc8c7C(=O)N(C7CCC(=O)NC7=O)C8=O)CC6)CC5)c([N+](=O)[O-])c4)c(Oc4cnc5[nH]ccc5c4)c3)CC2)=C(c2ccc(Cl)cc2)C1. The summed E-state index contributed by atoms with van der Waals surface area (Å²) in [6, 6.07) is 24.3. The number of likely N-dealkylation sites (tertiary alicyclic amines) is 1. The summed E-state index contributed by atoms with van der Waals surface area (Å²) in [5.41, 5.74) is 6.21. The number of nitro groups is 1. The van der Waals surface area contributed by atoms with Gasteiger partial charge in [-0.3, -0.25) is 59.0 Å². The molecule has 5 aliphatic heterocycles. The third-order valence-corrected chi connectivity index (χ3v) is 20.1. The molecule has 24 heteroatoms. The van der Waals surface area contributed by atoms with Crippen molar-refractivity contribution in [1.82, 2.24) is 44.5 Å². The Hall–Kier alpha value is -8.50. The Kier molecular flexibility index (Phi) is 18.4. The maximum Gasteiger partial charge on any atom is 0.293 e. The highest BCUT2D eigenvalue weighted by Crippen LogP contribution is 2.44. The fraction of sp³-hybridized carbons (Fsp3) is 0.403. The van der Waals surface area contributed by atoms with Crippen LogP contribution in [0.4, 0.5) is 17.1 Å². The quantitative estimate of drug-likeness (QED) is 0.0275. The molecule has 6 aliphatic rings. The number of sulfonamides is 1. The summed E-state index contributed by atoms with van der Waals surface area (Å²) in [6.45, 7) is 16.3. The first-order valence-corrected chi connectivity index (χ1v) is 33.0. The molecule has 0 radical (unpaired) electrons. The lowest BCUT2D eigenvalue weighted by atomic mass is 9.72. The zero-order chi connectivity index (χ0) is 63.6. The van der Waals surface area contributed by atoms with Gasteiger partial charge in [0.05, 0.1) is 39.3 Å². The Bertz CT molecular complexity index is 4040. The second-order valence-corrected chi connectivity index (χ2v) is 27.3. The van der Waals surface area contributed by atoms with Gasteiger partial charge in [-0.15, -0.1) is 0 Å². The van der Waals surface area contributed by atoms with Crippen LogP contribution < -0.4 is 25.0 Å². The number of pyridine rings is 1. The Balaban J connectivity index is 0.619. The first-order valence-electron chi connectivity index (χ1n) is 31.1. The van der Waals surface area contributed by atoms with Gasteiger partial charge in [-0.1, -0.05) is 61.1 Å². The topological polar surface area (TPSA) is 256 Å². The van der Waals surface area contributed by atoms with Crippen LogP contribution in [0.15, 0.2) is 114 Å². The summed E-state index contributed by atoms with van der Waals surface area (Å²) in [7, 11) is -4.63. The van der Waals surface area contributed by atoms with Crippen LogP contribution in [-0.4, -0.2) is 182 Å². The van der Waals surface area contributed by atoms with E-state index in [1.165, 1.54) is 35.0 Å². The summed E-state index contributed by atoms with van der Waals surface area (Å²) in [4.78, 5) is 96.9. The summed E-state index contributed by atoms with van der Waals surface area (Å²) in [6.07, 6.45) is 8.29. The molecule has 0 saturated carbocycles. The number of rotatable bonds is 18. The first-order chi connectivity index (χ1) is 43.8. The molecular weight excluding hydrogens is 1200 g/mol. The molecule has 4 fully saturated rings. The summed E-state index contributed by atoms with van der Waals surface area (Å²) in [5.74, 6) is 3.75. The summed E-state index contributed by atoms with van der Waals surface area (Å²) < 4.78 is 36.6. The Morgan fingerprint density at radius 1 is 0.835 bits per heavy atom. The molecule has 474 valence electrons. The van der Waals surface area contributed by atoms with E-state index in [9.17, 15) is 42.5 Å². The number of halogens is 1. The van der Waals surface area contributed by atoms with Crippen molar-refractivity contribution < 1.29 is 42.1 Å². The molecule has 0 spiro atoms. The lowest BCUT2D eigenvalue weighted by Crippen LogP contribution is -2.54. The highest BCUT2D eigenvalue weighted by Gasteiger charge is 2.45. The number of carbonyl (C=O) groups is 5. The zero-order valence-corrected chi connectivity index (χ0v) is 52.5. The van der Waals surface area contributed by atoms with Crippen LogP contribution in [0.3, 0.4) is 0 Å². The zero-order valence-electron chi connectivity index (χ0n) is 51.0. The fourth-order valence-electron chi connectivity index (χ4n) is 13.2. The molecule has 22 nitrogen and oxygen atoms in total. The molecule has 2 aromatic heterocycles. The van der Waals surface area contributed by atoms with Crippen molar-refractivity contribution in [2.75, 3.05) is 108 Å². The number of H-pyrrole nitrogens is 1. The average Bonchev–Trinajstić information content (AvgIpc) is 1.65. The number of hydrogen-bond acceptors (Lipinski definition) is 17. The standard InChI is InChI=1S/C67H73ClN12O10S/c1-67(2)22-18-48(55(40-67)45-8-10-49(68)11-9-45)43-77-33-35-78(36-34-77)50-12-14-53(59(38-50)90-51-37-47-19-23-69-62(47)71-42-51)63(82)73-91(88,89)52-13-15-56(58(39-52)80(86)87)70-41-44-20-25-75(26-21-44)29-32-76-30-27-74(28-31-76)24-4-6-46-5-3-7-54-61(46)66(85)79(65(54)84)57-16-17-60(81)72-64(57)83/h3,5,7-15,19,23,37-39,42,44,57,70H,16-18,20-22,24-36,40-41,43H2,1-2H3,(H,69,71)(H,73,82)(H,72,81,83). The first kappa shape index (κ1) is 62.7. The van der Waals surface area contributed by atoms with Crippen LogP contribution in [0.2, 0.25) is 5.02 Å². The maximum absolute atomic E-state index is 14.2. The molecular formula is C67H73ClN12O10S. The molecule has 7 heterocycles. The summed E-state index contributed by atoms with van der Waals surface area (Å²) >= 11 is 6.28. The molecule has 1 aliphatic carbocycles. The van der Waals surface area contributed by atoms with E-state index in [0.717, 1.165) is 131 Å². The molecule has 4 aromatic carbocycles. The average molecular weight is 1270 g/mol. The van der Waals surface area contributed by atoms with Gasteiger partial charge in [-0.2, -0.15) is 0 Å². The minimum atomic E-state index is -4.63. The van der Waals surface area contributed by atoms with E-state index in [1.807, 2.05) is 18.2 Å². The molecule has 1 unspecified atom stereocenters. The van der Waals surface area contributed by atoms with E-state index in [0.29, 0.717) is 43.1 Å². The number of hydrogen-bond donors (Lipinski definition) is 4. The molecule has 5 amide bonds. The number of anilines is 2. The smallest absolute Gasteiger partial charge is 0.293 e. The number of amides is 5. The van der Waals surface area contributed by atoms with Gasteiger partial charge in [0.15, 0.2) is 0 Å². The van der Waals surface area contributed by atoms with Gasteiger partial charge in [0.25, 0.3) is 33.4 Å². The van der Waals surface area contributed by atoms with Crippen molar-refractivity contribution in [2.24, 2.45) is 11.3 Å². The number of nitro benzene ring substituents is 1. The van der Waals surface area contributed by atoms with Gasteiger partial charge in [0.2, 0.25) is 11.8 Å². The van der Waals surface area contributed by atoms with E-state index >= 15 is 0 Å². The minimum absolute atomic E-state index is 0.0444. The second-order valence-electron chi connectivity index (χ2n) is 25.2. The van der Waals surface area contributed by atoms with E-state index in [-0.39, 0.29) is 52.3 Å². The van der Waals surface area contributed by atoms with Crippen LogP contribution >= 0.6 is 11.6 Å². The summed E-state index contributed by atoms with van der Waals surface area (Å²) in [5, 5.41) is 19.5. The van der Waals surface area contributed by atoms with Gasteiger partial charge in [0, 0.05) is 125 Å².